The summed E-state index contributed by atoms with van der Waals surface area (Å²) in [6.45, 7) is 3.74. The summed E-state index contributed by atoms with van der Waals surface area (Å²) in [5.74, 6) is -0.604. The average molecular weight is 461 g/mol. The van der Waals surface area contributed by atoms with Gasteiger partial charge in [-0.1, -0.05) is 13.8 Å². The molecule has 2 aromatic rings. The summed E-state index contributed by atoms with van der Waals surface area (Å²) in [5.41, 5.74) is 1.51. The lowest BCUT2D eigenvalue weighted by molar-refractivity contribution is -0.116. The Kier molecular flexibility index (Phi) is 9.36. The second-order valence-corrected chi connectivity index (χ2v) is 8.72. The van der Waals surface area contributed by atoms with Crippen molar-refractivity contribution in [2.45, 2.75) is 38.0 Å². The highest BCUT2D eigenvalue weighted by atomic mass is 32.2. The summed E-state index contributed by atoms with van der Waals surface area (Å²) < 4.78 is 27.2. The predicted octanol–water partition coefficient (Wildman–Crippen LogP) is 2.48. The van der Waals surface area contributed by atoms with Crippen molar-refractivity contribution >= 4 is 39.1 Å². The molecule has 3 amide bonds. The molecule has 2 aromatic carbocycles. The van der Waals surface area contributed by atoms with E-state index < -0.39 is 10.0 Å². The molecule has 4 N–H and O–H groups in total. The van der Waals surface area contributed by atoms with Gasteiger partial charge in [0.2, 0.25) is 21.8 Å². The highest BCUT2D eigenvalue weighted by Crippen LogP contribution is 2.14. The normalized spacial score (nSPS) is 10.9. The Bertz CT molecular complexity index is 1030. The number of anilines is 2. The minimum Gasteiger partial charge on any atom is -0.351 e. The largest absolute Gasteiger partial charge is 0.351 e. The van der Waals surface area contributed by atoms with Crippen LogP contribution in [-0.4, -0.2) is 39.2 Å². The fourth-order valence-corrected chi connectivity index (χ4v) is 3.70. The molecule has 0 bridgehead atoms. The molecule has 0 radical (unpaired) electrons. The summed E-state index contributed by atoms with van der Waals surface area (Å²) >= 11 is 0. The number of rotatable bonds is 11. The first-order valence-electron chi connectivity index (χ1n) is 10.3. The fraction of sp³-hybridized carbons (Fsp3) is 0.318. The van der Waals surface area contributed by atoms with Gasteiger partial charge in [0.15, 0.2) is 0 Å². The summed E-state index contributed by atoms with van der Waals surface area (Å²) in [5, 5.41) is 8.02. The third-order valence-electron chi connectivity index (χ3n) is 4.38. The molecule has 32 heavy (non-hydrogen) atoms. The van der Waals surface area contributed by atoms with E-state index in [-0.39, 0.29) is 35.7 Å². The molecule has 0 atom stereocenters. The van der Waals surface area contributed by atoms with Crippen LogP contribution in [0.15, 0.2) is 53.4 Å². The number of hydrogen-bond donors (Lipinski definition) is 4. The smallest absolute Gasteiger partial charge is 0.251 e. The van der Waals surface area contributed by atoms with Crippen molar-refractivity contribution in [3.63, 3.8) is 0 Å². The zero-order valence-electron chi connectivity index (χ0n) is 18.1. The third-order valence-corrected chi connectivity index (χ3v) is 5.86. The molecule has 172 valence electrons. The molecule has 0 aliphatic rings. The van der Waals surface area contributed by atoms with Gasteiger partial charge in [0, 0.05) is 42.9 Å². The fourth-order valence-electron chi connectivity index (χ4n) is 2.67. The molecule has 0 heterocycles. The first-order chi connectivity index (χ1) is 15.2. The molecule has 0 aliphatic heterocycles. The molecule has 2 rings (SSSR count). The van der Waals surface area contributed by atoms with Gasteiger partial charge in [-0.05, 0) is 55.0 Å². The van der Waals surface area contributed by atoms with E-state index in [2.05, 4.69) is 20.7 Å². The van der Waals surface area contributed by atoms with E-state index >= 15 is 0 Å². The van der Waals surface area contributed by atoms with Crippen LogP contribution in [0.1, 0.15) is 43.5 Å². The van der Waals surface area contributed by atoms with Crippen LogP contribution in [0.4, 0.5) is 11.4 Å². The summed E-state index contributed by atoms with van der Waals surface area (Å²) in [7, 11) is -3.75. The number of amides is 3. The lowest BCUT2D eigenvalue weighted by Gasteiger charge is -2.10. The van der Waals surface area contributed by atoms with Crippen molar-refractivity contribution < 1.29 is 22.8 Å². The van der Waals surface area contributed by atoms with Crippen LogP contribution in [0, 0.1) is 0 Å². The number of carbonyl (C=O) groups is 3. The third kappa shape index (κ3) is 7.78. The Hall–Kier alpha value is -3.24. The lowest BCUT2D eigenvalue weighted by Crippen LogP contribution is -2.34. The second-order valence-electron chi connectivity index (χ2n) is 6.96. The maximum atomic E-state index is 12.4. The number of nitrogens with one attached hydrogen (secondary N) is 4. The Morgan fingerprint density at radius 2 is 1.34 bits per heavy atom. The highest BCUT2D eigenvalue weighted by molar-refractivity contribution is 7.89. The first-order valence-corrected chi connectivity index (χ1v) is 11.8. The number of hydrogen-bond acceptors (Lipinski definition) is 5. The summed E-state index contributed by atoms with van der Waals surface area (Å²) in [6, 6.07) is 12.3. The van der Waals surface area contributed by atoms with E-state index in [1.54, 1.807) is 31.2 Å². The Labute approximate surface area is 188 Å². The standard InChI is InChI=1S/C22H28N4O5S/c1-3-5-21(28)26-18-10-12-19(13-11-18)32(30,31)24-15-14-23-22(29)16-6-8-17(9-7-16)25-20(27)4-2/h6-13,24H,3-5,14-15H2,1-2H3,(H,23,29)(H,25,27)(H,26,28). The number of sulfonamides is 1. The van der Waals surface area contributed by atoms with Crippen molar-refractivity contribution in [2.24, 2.45) is 0 Å². The van der Waals surface area contributed by atoms with Gasteiger partial charge in [0.1, 0.15) is 0 Å². The molecule has 0 fully saturated rings. The van der Waals surface area contributed by atoms with Gasteiger partial charge in [0.05, 0.1) is 4.90 Å². The average Bonchev–Trinajstić information content (AvgIpc) is 2.77. The molecule has 0 unspecified atom stereocenters. The lowest BCUT2D eigenvalue weighted by atomic mass is 10.2. The van der Waals surface area contributed by atoms with E-state index in [0.29, 0.717) is 29.8 Å². The zero-order valence-corrected chi connectivity index (χ0v) is 18.9. The van der Waals surface area contributed by atoms with Crippen LogP contribution in [0.3, 0.4) is 0 Å². The van der Waals surface area contributed by atoms with Gasteiger partial charge in [-0.15, -0.1) is 0 Å². The van der Waals surface area contributed by atoms with Crippen LogP contribution >= 0.6 is 0 Å². The molecule has 0 saturated carbocycles. The van der Waals surface area contributed by atoms with E-state index in [9.17, 15) is 22.8 Å². The van der Waals surface area contributed by atoms with Crippen molar-refractivity contribution in [3.8, 4) is 0 Å². The van der Waals surface area contributed by atoms with Gasteiger partial charge in [-0.25, -0.2) is 13.1 Å². The van der Waals surface area contributed by atoms with Crippen LogP contribution in [0.25, 0.3) is 0 Å². The molecular formula is C22H28N4O5S. The Morgan fingerprint density at radius 1 is 0.781 bits per heavy atom. The van der Waals surface area contributed by atoms with Crippen molar-refractivity contribution in [3.05, 3.63) is 54.1 Å². The Balaban J connectivity index is 1.81. The number of benzene rings is 2. The number of carbonyl (C=O) groups excluding carboxylic acids is 3. The van der Waals surface area contributed by atoms with Crippen LogP contribution < -0.4 is 20.7 Å². The minimum atomic E-state index is -3.75. The quantitative estimate of drug-likeness (QED) is 0.382. The maximum absolute atomic E-state index is 12.4. The zero-order chi connectivity index (χ0) is 23.6. The second kappa shape index (κ2) is 12.0. The van der Waals surface area contributed by atoms with E-state index in [1.807, 2.05) is 6.92 Å². The predicted molar refractivity (Wildman–Crippen MR) is 123 cm³/mol. The summed E-state index contributed by atoms with van der Waals surface area (Å²) in [6.07, 6.45) is 1.48. The molecule has 0 aliphatic carbocycles. The van der Waals surface area contributed by atoms with Gasteiger partial charge >= 0.3 is 0 Å². The molecule has 0 spiro atoms. The van der Waals surface area contributed by atoms with E-state index in [1.165, 1.54) is 24.3 Å². The van der Waals surface area contributed by atoms with Crippen molar-refractivity contribution in [1.29, 1.82) is 0 Å². The van der Waals surface area contributed by atoms with Crippen LogP contribution in [0.5, 0.6) is 0 Å². The Morgan fingerprint density at radius 3 is 1.91 bits per heavy atom. The molecule has 10 heteroatoms. The maximum Gasteiger partial charge on any atom is 0.251 e. The van der Waals surface area contributed by atoms with Crippen LogP contribution in [0.2, 0.25) is 0 Å². The minimum absolute atomic E-state index is 0.00764. The molecule has 9 nitrogen and oxygen atoms in total. The van der Waals surface area contributed by atoms with Crippen molar-refractivity contribution in [2.75, 3.05) is 23.7 Å². The SMILES string of the molecule is CCCC(=O)Nc1ccc(S(=O)(=O)NCCNC(=O)c2ccc(NC(=O)CC)cc2)cc1. The monoisotopic (exact) mass is 460 g/mol. The van der Waals surface area contributed by atoms with E-state index in [4.69, 9.17) is 0 Å². The van der Waals surface area contributed by atoms with Gasteiger partial charge in [-0.2, -0.15) is 0 Å². The van der Waals surface area contributed by atoms with Gasteiger partial charge < -0.3 is 16.0 Å². The van der Waals surface area contributed by atoms with Gasteiger partial charge in [0.25, 0.3) is 5.91 Å². The molecule has 0 saturated heterocycles. The van der Waals surface area contributed by atoms with Gasteiger partial charge in [-0.3, -0.25) is 14.4 Å². The van der Waals surface area contributed by atoms with Crippen molar-refractivity contribution in [1.82, 2.24) is 10.0 Å². The highest BCUT2D eigenvalue weighted by Gasteiger charge is 2.14. The van der Waals surface area contributed by atoms with E-state index in [0.717, 1.165) is 6.42 Å². The molecule has 0 aromatic heterocycles. The topological polar surface area (TPSA) is 133 Å². The van der Waals surface area contributed by atoms with Crippen LogP contribution in [-0.2, 0) is 19.6 Å². The summed E-state index contributed by atoms with van der Waals surface area (Å²) in [4.78, 5) is 35.2. The first kappa shape index (κ1) is 25.0. The molecular weight excluding hydrogens is 432 g/mol.